The van der Waals surface area contributed by atoms with Crippen molar-refractivity contribution in [2.75, 3.05) is 17.2 Å². The van der Waals surface area contributed by atoms with Gasteiger partial charge >= 0.3 is 0 Å². The maximum atomic E-state index is 12.2. The summed E-state index contributed by atoms with van der Waals surface area (Å²) in [6, 6.07) is 17.3. The Morgan fingerprint density at radius 3 is 2.48 bits per heavy atom. The molecule has 3 aromatic rings. The third-order valence-corrected chi connectivity index (χ3v) is 4.01. The Morgan fingerprint density at radius 1 is 0.963 bits per heavy atom. The zero-order valence-corrected chi connectivity index (χ0v) is 15.8. The summed E-state index contributed by atoms with van der Waals surface area (Å²) in [6.45, 7) is -0.111. The number of halogens is 1. The van der Waals surface area contributed by atoms with Crippen LogP contribution in [0.25, 0.3) is 0 Å². The normalized spacial score (nSPS) is 10.1. The van der Waals surface area contributed by atoms with Crippen LogP contribution in [0.5, 0.6) is 5.75 Å². The lowest BCUT2D eigenvalue weighted by Crippen LogP contribution is -2.20. The lowest BCUT2D eigenvalue weighted by Gasteiger charge is -2.09. The van der Waals surface area contributed by atoms with Crippen molar-refractivity contribution >= 4 is 39.1 Å². The summed E-state index contributed by atoms with van der Waals surface area (Å²) in [5, 5.41) is 5.47. The van der Waals surface area contributed by atoms with Crippen molar-refractivity contribution < 1.29 is 14.3 Å². The second-order valence-electron chi connectivity index (χ2n) is 5.57. The number of aromatic nitrogens is 1. The highest BCUT2D eigenvalue weighted by Gasteiger charge is 2.08. The molecule has 2 N–H and O–H groups in total. The quantitative estimate of drug-likeness (QED) is 0.622. The molecule has 0 saturated carbocycles. The van der Waals surface area contributed by atoms with Gasteiger partial charge in [0.25, 0.3) is 11.8 Å². The van der Waals surface area contributed by atoms with Crippen LogP contribution in [0.15, 0.2) is 77.5 Å². The first-order valence-corrected chi connectivity index (χ1v) is 8.89. The molecule has 2 amide bonds. The van der Waals surface area contributed by atoms with Crippen molar-refractivity contribution in [2.45, 2.75) is 0 Å². The predicted molar refractivity (Wildman–Crippen MR) is 107 cm³/mol. The molecule has 7 heteroatoms. The monoisotopic (exact) mass is 425 g/mol. The summed E-state index contributed by atoms with van der Waals surface area (Å²) in [5.41, 5.74) is 1.67. The highest BCUT2D eigenvalue weighted by atomic mass is 79.9. The maximum absolute atomic E-state index is 12.2. The fourth-order valence-corrected chi connectivity index (χ4v) is 2.63. The van der Waals surface area contributed by atoms with Gasteiger partial charge in [0, 0.05) is 21.9 Å². The minimum absolute atomic E-state index is 0.111. The van der Waals surface area contributed by atoms with Crippen LogP contribution in [0.2, 0.25) is 0 Å². The van der Waals surface area contributed by atoms with Crippen LogP contribution in [-0.4, -0.2) is 23.4 Å². The molecule has 0 radical (unpaired) electrons. The van der Waals surface area contributed by atoms with E-state index in [9.17, 15) is 9.59 Å². The van der Waals surface area contributed by atoms with Crippen LogP contribution >= 0.6 is 15.9 Å². The maximum Gasteiger partial charge on any atom is 0.262 e. The lowest BCUT2D eigenvalue weighted by molar-refractivity contribution is -0.118. The first-order valence-electron chi connectivity index (χ1n) is 8.10. The van der Waals surface area contributed by atoms with Crippen molar-refractivity contribution in [1.82, 2.24) is 4.98 Å². The molecule has 1 heterocycles. The number of pyridine rings is 1. The number of carbonyl (C=O) groups excluding carboxylic acids is 2. The molecule has 1 aromatic heterocycles. The van der Waals surface area contributed by atoms with Gasteiger partial charge in [-0.2, -0.15) is 0 Å². The van der Waals surface area contributed by atoms with Gasteiger partial charge in [-0.1, -0.05) is 22.0 Å². The molecule has 0 unspecified atom stereocenters. The van der Waals surface area contributed by atoms with Crippen molar-refractivity contribution in [3.63, 3.8) is 0 Å². The third-order valence-electron chi connectivity index (χ3n) is 3.52. The van der Waals surface area contributed by atoms with E-state index in [1.807, 2.05) is 12.1 Å². The number of benzene rings is 2. The minimum atomic E-state index is -0.289. The molecule has 0 aliphatic heterocycles. The first kappa shape index (κ1) is 18.6. The van der Waals surface area contributed by atoms with E-state index in [0.717, 1.165) is 4.47 Å². The SMILES string of the molecule is O=C(COc1cccc(Br)c1)Nc1ccc(C(=O)Nc2cccnc2)cc1. The molecule has 0 aliphatic carbocycles. The molecule has 0 spiro atoms. The Kier molecular flexibility index (Phi) is 6.17. The molecular weight excluding hydrogens is 410 g/mol. The summed E-state index contributed by atoms with van der Waals surface area (Å²) < 4.78 is 6.31. The second kappa shape index (κ2) is 8.95. The van der Waals surface area contributed by atoms with E-state index in [2.05, 4.69) is 31.5 Å². The van der Waals surface area contributed by atoms with Crippen molar-refractivity contribution in [1.29, 1.82) is 0 Å². The largest absolute Gasteiger partial charge is 0.484 e. The number of nitrogens with one attached hydrogen (secondary N) is 2. The molecule has 0 saturated heterocycles. The van der Waals surface area contributed by atoms with Gasteiger partial charge < -0.3 is 15.4 Å². The molecule has 27 heavy (non-hydrogen) atoms. The molecule has 6 nitrogen and oxygen atoms in total. The number of hydrogen-bond acceptors (Lipinski definition) is 4. The molecule has 136 valence electrons. The predicted octanol–water partition coefficient (Wildman–Crippen LogP) is 4.11. The zero-order valence-electron chi connectivity index (χ0n) is 14.2. The Hall–Kier alpha value is -3.19. The van der Waals surface area contributed by atoms with Gasteiger partial charge in [-0.15, -0.1) is 0 Å². The number of ether oxygens (including phenoxy) is 1. The van der Waals surface area contributed by atoms with Gasteiger partial charge in [-0.05, 0) is 54.6 Å². The smallest absolute Gasteiger partial charge is 0.262 e. The number of amides is 2. The fraction of sp³-hybridized carbons (Fsp3) is 0.0500. The summed E-state index contributed by atoms with van der Waals surface area (Å²) in [5.74, 6) is 0.0587. The summed E-state index contributed by atoms with van der Waals surface area (Å²) in [4.78, 5) is 28.1. The Labute approximate surface area is 164 Å². The fourth-order valence-electron chi connectivity index (χ4n) is 2.25. The van der Waals surface area contributed by atoms with Gasteiger partial charge in [0.15, 0.2) is 6.61 Å². The van der Waals surface area contributed by atoms with Gasteiger partial charge in [0.2, 0.25) is 0 Å². The van der Waals surface area contributed by atoms with Gasteiger partial charge in [-0.25, -0.2) is 0 Å². The average Bonchev–Trinajstić information content (AvgIpc) is 2.68. The van der Waals surface area contributed by atoms with Gasteiger partial charge in [0.05, 0.1) is 11.9 Å². The Bertz CT molecular complexity index is 931. The molecule has 3 rings (SSSR count). The first-order chi connectivity index (χ1) is 13.1. The van der Waals surface area contributed by atoms with E-state index in [4.69, 9.17) is 4.74 Å². The zero-order chi connectivity index (χ0) is 19.1. The topological polar surface area (TPSA) is 80.3 Å². The molecule has 0 fully saturated rings. The van der Waals surface area contributed by atoms with Crippen LogP contribution in [-0.2, 0) is 4.79 Å². The van der Waals surface area contributed by atoms with E-state index in [1.54, 1.807) is 60.9 Å². The van der Waals surface area contributed by atoms with Gasteiger partial charge in [0.1, 0.15) is 5.75 Å². The van der Waals surface area contributed by atoms with Crippen LogP contribution in [0.4, 0.5) is 11.4 Å². The molecule has 0 atom stereocenters. The van der Waals surface area contributed by atoms with E-state index in [-0.39, 0.29) is 18.4 Å². The van der Waals surface area contributed by atoms with Crippen molar-refractivity contribution in [3.8, 4) is 5.75 Å². The average molecular weight is 426 g/mol. The highest BCUT2D eigenvalue weighted by molar-refractivity contribution is 9.10. The second-order valence-corrected chi connectivity index (χ2v) is 6.48. The van der Waals surface area contributed by atoms with Crippen molar-refractivity contribution in [2.24, 2.45) is 0 Å². The third kappa shape index (κ3) is 5.65. The van der Waals surface area contributed by atoms with Crippen LogP contribution in [0.1, 0.15) is 10.4 Å². The number of carbonyl (C=O) groups is 2. The van der Waals surface area contributed by atoms with E-state index in [0.29, 0.717) is 22.7 Å². The highest BCUT2D eigenvalue weighted by Crippen LogP contribution is 2.18. The number of anilines is 2. The number of rotatable bonds is 6. The Morgan fingerprint density at radius 2 is 1.78 bits per heavy atom. The summed E-state index contributed by atoms with van der Waals surface area (Å²) >= 11 is 3.35. The van der Waals surface area contributed by atoms with Crippen LogP contribution in [0.3, 0.4) is 0 Å². The van der Waals surface area contributed by atoms with Gasteiger partial charge in [-0.3, -0.25) is 14.6 Å². The summed E-state index contributed by atoms with van der Waals surface area (Å²) in [7, 11) is 0. The standard InChI is InChI=1S/C20H16BrN3O3/c21-15-3-1-5-18(11-15)27-13-19(25)23-16-8-6-14(7-9-16)20(26)24-17-4-2-10-22-12-17/h1-12H,13H2,(H,23,25)(H,24,26). The Balaban J connectivity index is 1.52. The molecular formula is C20H16BrN3O3. The molecule has 2 aromatic carbocycles. The minimum Gasteiger partial charge on any atom is -0.484 e. The van der Waals surface area contributed by atoms with Crippen LogP contribution < -0.4 is 15.4 Å². The molecule has 0 aliphatic rings. The molecule has 0 bridgehead atoms. The number of nitrogens with zero attached hydrogens (tertiary/aromatic N) is 1. The lowest BCUT2D eigenvalue weighted by atomic mass is 10.2. The van der Waals surface area contributed by atoms with Crippen LogP contribution in [0, 0.1) is 0 Å². The van der Waals surface area contributed by atoms with E-state index >= 15 is 0 Å². The van der Waals surface area contributed by atoms with E-state index in [1.165, 1.54) is 0 Å². The summed E-state index contributed by atoms with van der Waals surface area (Å²) in [6.07, 6.45) is 3.20. The van der Waals surface area contributed by atoms with E-state index < -0.39 is 0 Å². The number of hydrogen-bond donors (Lipinski definition) is 2. The van der Waals surface area contributed by atoms with Crippen molar-refractivity contribution in [3.05, 3.63) is 83.1 Å².